The molecule has 1 aromatic carbocycles. The van der Waals surface area contributed by atoms with Gasteiger partial charge in [-0.3, -0.25) is 10.1 Å². The molecule has 0 unspecified atom stereocenters. The molecule has 2 aromatic rings. The molecule has 0 atom stereocenters. The summed E-state index contributed by atoms with van der Waals surface area (Å²) in [4.78, 5) is 10.2. The summed E-state index contributed by atoms with van der Waals surface area (Å²) in [6.07, 6.45) is 2.12. The number of hydrogen-bond donors (Lipinski definition) is 0. The standard InChI is InChI=1S/C10H8FN3O3/c1-17-10-8(13-6-7(11)5-12-13)3-2-4-9(10)14(15)16/h2-6H,1H3. The minimum Gasteiger partial charge on any atom is -0.489 e. The van der Waals surface area contributed by atoms with Gasteiger partial charge >= 0.3 is 5.69 Å². The number of methoxy groups -OCH3 is 1. The van der Waals surface area contributed by atoms with E-state index in [1.54, 1.807) is 6.07 Å². The maximum Gasteiger partial charge on any atom is 0.313 e. The number of nitro groups is 1. The highest BCUT2D eigenvalue weighted by Gasteiger charge is 2.19. The Morgan fingerprint density at radius 1 is 1.53 bits per heavy atom. The van der Waals surface area contributed by atoms with Crippen molar-refractivity contribution < 1.29 is 14.1 Å². The average molecular weight is 237 g/mol. The third-order valence-corrected chi connectivity index (χ3v) is 2.17. The fraction of sp³-hybridized carbons (Fsp3) is 0.100. The van der Waals surface area contributed by atoms with E-state index in [-0.39, 0.29) is 11.4 Å². The largest absolute Gasteiger partial charge is 0.489 e. The summed E-state index contributed by atoms with van der Waals surface area (Å²) < 4.78 is 19.0. The zero-order valence-electron chi connectivity index (χ0n) is 8.83. The van der Waals surface area contributed by atoms with Crippen LogP contribution in [0.5, 0.6) is 5.75 Å². The lowest BCUT2D eigenvalue weighted by molar-refractivity contribution is -0.385. The molecule has 1 aromatic heterocycles. The fourth-order valence-corrected chi connectivity index (χ4v) is 1.48. The number of aromatic nitrogens is 2. The van der Waals surface area contributed by atoms with Crippen LogP contribution < -0.4 is 4.74 Å². The van der Waals surface area contributed by atoms with E-state index in [1.165, 1.54) is 23.9 Å². The van der Waals surface area contributed by atoms with E-state index < -0.39 is 10.7 Å². The van der Waals surface area contributed by atoms with Crippen LogP contribution in [0, 0.1) is 15.9 Å². The first-order chi connectivity index (χ1) is 8.13. The fourth-order valence-electron chi connectivity index (χ4n) is 1.48. The SMILES string of the molecule is COc1c(-n2cc(F)cn2)cccc1[N+](=O)[O-]. The number of benzene rings is 1. The molecule has 0 radical (unpaired) electrons. The van der Waals surface area contributed by atoms with Gasteiger partial charge in [0.2, 0.25) is 5.75 Å². The first-order valence-electron chi connectivity index (χ1n) is 4.65. The maximum absolute atomic E-state index is 12.8. The molecule has 1 heterocycles. The lowest BCUT2D eigenvalue weighted by Crippen LogP contribution is -2.01. The van der Waals surface area contributed by atoms with Gasteiger partial charge in [0.25, 0.3) is 0 Å². The Bertz CT molecular complexity index is 568. The Kier molecular flexibility index (Phi) is 2.73. The van der Waals surface area contributed by atoms with Gasteiger partial charge in [0.15, 0.2) is 5.82 Å². The summed E-state index contributed by atoms with van der Waals surface area (Å²) >= 11 is 0. The number of ether oxygens (including phenoxy) is 1. The summed E-state index contributed by atoms with van der Waals surface area (Å²) in [5.74, 6) is -0.487. The van der Waals surface area contributed by atoms with Gasteiger partial charge in [-0.25, -0.2) is 9.07 Å². The molecule has 7 heteroatoms. The lowest BCUT2D eigenvalue weighted by atomic mass is 10.2. The molecule has 0 aliphatic rings. The molecular formula is C10H8FN3O3. The van der Waals surface area contributed by atoms with Crippen LogP contribution in [0.25, 0.3) is 5.69 Å². The van der Waals surface area contributed by atoms with E-state index in [2.05, 4.69) is 5.10 Å². The Morgan fingerprint density at radius 3 is 2.82 bits per heavy atom. The molecule has 0 fully saturated rings. The minimum atomic E-state index is -0.567. The third kappa shape index (κ3) is 1.94. The number of nitro benzene ring substituents is 1. The van der Waals surface area contributed by atoms with Gasteiger partial charge in [0.05, 0.1) is 24.4 Å². The molecule has 0 N–H and O–H groups in total. The Labute approximate surface area is 95.4 Å². The molecule has 6 nitrogen and oxygen atoms in total. The van der Waals surface area contributed by atoms with Gasteiger partial charge in [-0.05, 0) is 6.07 Å². The van der Waals surface area contributed by atoms with Gasteiger partial charge in [-0.15, -0.1) is 0 Å². The summed E-state index contributed by atoms with van der Waals surface area (Å²) in [5.41, 5.74) is 0.117. The van der Waals surface area contributed by atoms with Crippen molar-refractivity contribution in [2.24, 2.45) is 0 Å². The first-order valence-corrected chi connectivity index (χ1v) is 4.65. The second kappa shape index (κ2) is 4.20. The van der Waals surface area contributed by atoms with E-state index in [9.17, 15) is 14.5 Å². The van der Waals surface area contributed by atoms with Crippen molar-refractivity contribution in [1.29, 1.82) is 0 Å². The van der Waals surface area contributed by atoms with E-state index in [4.69, 9.17) is 4.74 Å². The molecule has 0 bridgehead atoms. The van der Waals surface area contributed by atoms with E-state index in [0.717, 1.165) is 12.4 Å². The van der Waals surface area contributed by atoms with Crippen LogP contribution in [0.1, 0.15) is 0 Å². The second-order valence-electron chi connectivity index (χ2n) is 3.19. The number of nitrogens with zero attached hydrogens (tertiary/aromatic N) is 3. The molecule has 88 valence electrons. The van der Waals surface area contributed by atoms with Gasteiger partial charge in [-0.1, -0.05) is 6.07 Å². The molecule has 17 heavy (non-hydrogen) atoms. The predicted molar refractivity (Wildman–Crippen MR) is 56.7 cm³/mol. The van der Waals surface area contributed by atoms with Crippen molar-refractivity contribution in [3.8, 4) is 11.4 Å². The topological polar surface area (TPSA) is 70.2 Å². The van der Waals surface area contributed by atoms with Gasteiger partial charge in [-0.2, -0.15) is 5.10 Å². The number of halogens is 1. The van der Waals surface area contributed by atoms with Gasteiger partial charge in [0.1, 0.15) is 5.69 Å². The lowest BCUT2D eigenvalue weighted by Gasteiger charge is -2.07. The molecule has 0 aliphatic heterocycles. The van der Waals surface area contributed by atoms with Crippen molar-refractivity contribution >= 4 is 5.69 Å². The molecule has 0 spiro atoms. The highest BCUT2D eigenvalue weighted by Crippen LogP contribution is 2.32. The van der Waals surface area contributed by atoms with Crippen molar-refractivity contribution in [3.63, 3.8) is 0 Å². The molecule has 0 saturated carbocycles. The zero-order valence-corrected chi connectivity index (χ0v) is 8.83. The minimum absolute atomic E-state index is 0.0422. The molecule has 0 amide bonds. The van der Waals surface area contributed by atoms with E-state index in [1.807, 2.05) is 0 Å². The number of para-hydroxylation sites is 1. The van der Waals surface area contributed by atoms with Crippen molar-refractivity contribution in [2.75, 3.05) is 7.11 Å². The summed E-state index contributed by atoms with van der Waals surface area (Å²) in [6, 6.07) is 4.34. The Morgan fingerprint density at radius 2 is 2.29 bits per heavy atom. The summed E-state index contributed by atoms with van der Waals surface area (Å²) in [7, 11) is 1.31. The molecule has 0 aliphatic carbocycles. The number of rotatable bonds is 3. The summed E-state index contributed by atoms with van der Waals surface area (Å²) in [6.45, 7) is 0. The Hall–Kier alpha value is -2.44. The van der Waals surface area contributed by atoms with Crippen LogP contribution in [0.3, 0.4) is 0 Å². The number of hydrogen-bond acceptors (Lipinski definition) is 4. The van der Waals surface area contributed by atoms with Gasteiger partial charge in [0, 0.05) is 6.07 Å². The molecule has 2 rings (SSSR count). The van der Waals surface area contributed by atoms with Crippen LogP contribution in [-0.2, 0) is 0 Å². The van der Waals surface area contributed by atoms with Crippen LogP contribution in [0.15, 0.2) is 30.6 Å². The van der Waals surface area contributed by atoms with Crippen LogP contribution in [0.2, 0.25) is 0 Å². The van der Waals surface area contributed by atoms with E-state index in [0.29, 0.717) is 5.69 Å². The highest BCUT2D eigenvalue weighted by molar-refractivity contribution is 5.59. The third-order valence-electron chi connectivity index (χ3n) is 2.17. The van der Waals surface area contributed by atoms with Crippen LogP contribution >= 0.6 is 0 Å². The zero-order chi connectivity index (χ0) is 12.4. The summed E-state index contributed by atoms with van der Waals surface area (Å²) in [5, 5.41) is 14.5. The second-order valence-corrected chi connectivity index (χ2v) is 3.19. The monoisotopic (exact) mass is 237 g/mol. The van der Waals surface area contributed by atoms with Gasteiger partial charge < -0.3 is 4.74 Å². The quantitative estimate of drug-likeness (QED) is 0.604. The predicted octanol–water partition coefficient (Wildman–Crippen LogP) is 1.93. The van der Waals surface area contributed by atoms with Crippen LogP contribution in [0.4, 0.5) is 10.1 Å². The van der Waals surface area contributed by atoms with Crippen molar-refractivity contribution in [2.45, 2.75) is 0 Å². The normalized spacial score (nSPS) is 10.2. The maximum atomic E-state index is 12.8. The molecular weight excluding hydrogens is 229 g/mol. The smallest absolute Gasteiger partial charge is 0.313 e. The highest BCUT2D eigenvalue weighted by atomic mass is 19.1. The van der Waals surface area contributed by atoms with Crippen LogP contribution in [-0.4, -0.2) is 21.8 Å². The van der Waals surface area contributed by atoms with Crippen molar-refractivity contribution in [1.82, 2.24) is 9.78 Å². The molecule has 0 saturated heterocycles. The van der Waals surface area contributed by atoms with E-state index >= 15 is 0 Å². The first kappa shape index (κ1) is 11.1. The Balaban J connectivity index is 2.61. The average Bonchev–Trinajstić information content (AvgIpc) is 2.74. The van der Waals surface area contributed by atoms with Crippen molar-refractivity contribution in [3.05, 3.63) is 46.5 Å².